The number of rotatable bonds is 4. The highest BCUT2D eigenvalue weighted by Gasteiger charge is 2.27. The van der Waals surface area contributed by atoms with E-state index < -0.39 is 5.97 Å². The summed E-state index contributed by atoms with van der Waals surface area (Å²) in [6.45, 7) is 0.706. The van der Waals surface area contributed by atoms with Gasteiger partial charge in [-0.15, -0.1) is 0 Å². The van der Waals surface area contributed by atoms with Gasteiger partial charge in [-0.05, 0) is 37.8 Å². The van der Waals surface area contributed by atoms with Crippen LogP contribution in [0.25, 0.3) is 0 Å². The van der Waals surface area contributed by atoms with E-state index in [0.29, 0.717) is 18.5 Å². The van der Waals surface area contributed by atoms with Gasteiger partial charge in [0.25, 0.3) is 5.91 Å². The van der Waals surface area contributed by atoms with Crippen molar-refractivity contribution in [2.24, 2.45) is 0 Å². The first-order valence-corrected chi connectivity index (χ1v) is 6.61. The molecule has 102 valence electrons. The van der Waals surface area contributed by atoms with Gasteiger partial charge in [0.1, 0.15) is 0 Å². The number of hydrogen-bond donors (Lipinski definition) is 1. The van der Waals surface area contributed by atoms with Crippen LogP contribution in [0.1, 0.15) is 42.5 Å². The number of carboxylic acids is 1. The third-order valence-electron chi connectivity index (χ3n) is 3.49. The fourth-order valence-electron chi connectivity index (χ4n) is 2.51. The molecule has 1 fully saturated rings. The standard InChI is InChI=1S/C14H18N2O3/c17-13(18)7-6-12-5-1-2-9-16(12)14(19)11-4-3-8-15-10-11/h3-4,8,10,12H,1-2,5-7,9H2,(H,17,18)/t12-/m0/s1. The maximum absolute atomic E-state index is 12.4. The van der Waals surface area contributed by atoms with Crippen LogP contribution in [0.4, 0.5) is 0 Å². The Morgan fingerprint density at radius 1 is 1.42 bits per heavy atom. The minimum absolute atomic E-state index is 0.0387. The van der Waals surface area contributed by atoms with Crippen LogP contribution < -0.4 is 0 Å². The van der Waals surface area contributed by atoms with Gasteiger partial charge in [0.15, 0.2) is 0 Å². The Labute approximate surface area is 112 Å². The molecule has 1 atom stereocenters. The lowest BCUT2D eigenvalue weighted by atomic mass is 9.97. The number of carboxylic acid groups (broad SMARTS) is 1. The van der Waals surface area contributed by atoms with Crippen molar-refractivity contribution >= 4 is 11.9 Å². The van der Waals surface area contributed by atoms with Gasteiger partial charge in [-0.3, -0.25) is 14.6 Å². The predicted molar refractivity (Wildman–Crippen MR) is 69.8 cm³/mol. The molecule has 0 bridgehead atoms. The zero-order valence-corrected chi connectivity index (χ0v) is 10.8. The van der Waals surface area contributed by atoms with Crippen molar-refractivity contribution in [2.75, 3.05) is 6.54 Å². The van der Waals surface area contributed by atoms with E-state index in [4.69, 9.17) is 5.11 Å². The van der Waals surface area contributed by atoms with Crippen LogP contribution in [0.15, 0.2) is 24.5 Å². The molecule has 2 rings (SSSR count). The van der Waals surface area contributed by atoms with Crippen molar-refractivity contribution in [1.29, 1.82) is 0 Å². The van der Waals surface area contributed by atoms with Crippen molar-refractivity contribution in [2.45, 2.75) is 38.1 Å². The molecule has 1 N–H and O–H groups in total. The highest BCUT2D eigenvalue weighted by Crippen LogP contribution is 2.22. The molecule has 1 aliphatic rings. The zero-order chi connectivity index (χ0) is 13.7. The lowest BCUT2D eigenvalue weighted by Crippen LogP contribution is -2.44. The second-order valence-corrected chi connectivity index (χ2v) is 4.82. The average molecular weight is 262 g/mol. The summed E-state index contributed by atoms with van der Waals surface area (Å²) in [6, 6.07) is 3.53. The number of amides is 1. The summed E-state index contributed by atoms with van der Waals surface area (Å²) in [6.07, 6.45) is 6.76. The molecule has 1 aromatic heterocycles. The van der Waals surface area contributed by atoms with Gasteiger partial charge >= 0.3 is 5.97 Å². The van der Waals surface area contributed by atoms with Gasteiger partial charge in [0.05, 0.1) is 5.56 Å². The number of hydrogen-bond acceptors (Lipinski definition) is 3. The van der Waals surface area contributed by atoms with Crippen molar-refractivity contribution in [1.82, 2.24) is 9.88 Å². The lowest BCUT2D eigenvalue weighted by Gasteiger charge is -2.35. The lowest BCUT2D eigenvalue weighted by molar-refractivity contribution is -0.137. The van der Waals surface area contributed by atoms with Crippen molar-refractivity contribution in [3.05, 3.63) is 30.1 Å². The highest BCUT2D eigenvalue weighted by molar-refractivity contribution is 5.94. The van der Waals surface area contributed by atoms with Gasteiger partial charge in [-0.25, -0.2) is 0 Å². The van der Waals surface area contributed by atoms with Crippen LogP contribution in [0, 0.1) is 0 Å². The molecule has 5 heteroatoms. The van der Waals surface area contributed by atoms with E-state index in [-0.39, 0.29) is 18.4 Å². The van der Waals surface area contributed by atoms with Gasteiger partial charge in [-0.1, -0.05) is 0 Å². The van der Waals surface area contributed by atoms with Crippen LogP contribution in [-0.4, -0.2) is 39.5 Å². The summed E-state index contributed by atoms with van der Waals surface area (Å²) in [7, 11) is 0. The topological polar surface area (TPSA) is 70.5 Å². The smallest absolute Gasteiger partial charge is 0.303 e. The number of likely N-dealkylation sites (tertiary alicyclic amines) is 1. The molecule has 0 saturated carbocycles. The summed E-state index contributed by atoms with van der Waals surface area (Å²) < 4.78 is 0. The Morgan fingerprint density at radius 2 is 2.26 bits per heavy atom. The number of piperidine rings is 1. The van der Waals surface area contributed by atoms with Crippen molar-refractivity contribution in [3.63, 3.8) is 0 Å². The molecule has 1 aliphatic heterocycles. The Hall–Kier alpha value is -1.91. The normalized spacial score (nSPS) is 19.2. The molecule has 0 aliphatic carbocycles. The summed E-state index contributed by atoms with van der Waals surface area (Å²) in [5.74, 6) is -0.845. The van der Waals surface area contributed by atoms with Gasteiger partial charge in [-0.2, -0.15) is 0 Å². The number of nitrogens with zero attached hydrogens (tertiary/aromatic N) is 2. The summed E-state index contributed by atoms with van der Waals surface area (Å²) in [4.78, 5) is 28.8. The molecule has 2 heterocycles. The molecule has 0 spiro atoms. The average Bonchev–Trinajstić information content (AvgIpc) is 2.45. The molecular formula is C14H18N2O3. The van der Waals surface area contributed by atoms with E-state index in [1.165, 1.54) is 0 Å². The monoisotopic (exact) mass is 262 g/mol. The largest absolute Gasteiger partial charge is 0.481 e. The fraction of sp³-hybridized carbons (Fsp3) is 0.500. The molecule has 1 saturated heterocycles. The summed E-state index contributed by atoms with van der Waals surface area (Å²) >= 11 is 0. The van der Waals surface area contributed by atoms with Crippen molar-refractivity contribution < 1.29 is 14.7 Å². The molecule has 19 heavy (non-hydrogen) atoms. The number of carbonyl (C=O) groups excluding carboxylic acids is 1. The Bertz CT molecular complexity index is 447. The quantitative estimate of drug-likeness (QED) is 0.900. The van der Waals surface area contributed by atoms with Crippen LogP contribution in [0.2, 0.25) is 0 Å². The first-order chi connectivity index (χ1) is 9.18. The Balaban J connectivity index is 2.06. The Morgan fingerprint density at radius 3 is 2.95 bits per heavy atom. The molecule has 1 aromatic rings. The number of carbonyl (C=O) groups is 2. The number of aliphatic carboxylic acids is 1. The van der Waals surface area contributed by atoms with Crippen LogP contribution in [-0.2, 0) is 4.79 Å². The maximum atomic E-state index is 12.4. The van der Waals surface area contributed by atoms with E-state index in [0.717, 1.165) is 19.3 Å². The molecular weight excluding hydrogens is 244 g/mol. The van der Waals surface area contributed by atoms with Crippen LogP contribution in [0.5, 0.6) is 0 Å². The molecule has 0 radical (unpaired) electrons. The SMILES string of the molecule is O=C(O)CC[C@@H]1CCCCN1C(=O)c1cccnc1. The second kappa shape index (κ2) is 6.31. The summed E-state index contributed by atoms with van der Waals surface area (Å²) in [5.41, 5.74) is 0.574. The minimum atomic E-state index is -0.806. The maximum Gasteiger partial charge on any atom is 0.303 e. The molecule has 5 nitrogen and oxygen atoms in total. The highest BCUT2D eigenvalue weighted by atomic mass is 16.4. The minimum Gasteiger partial charge on any atom is -0.481 e. The third kappa shape index (κ3) is 3.53. The van der Waals surface area contributed by atoms with E-state index in [1.54, 1.807) is 24.5 Å². The number of pyridine rings is 1. The Kier molecular flexibility index (Phi) is 4.49. The first-order valence-electron chi connectivity index (χ1n) is 6.61. The van der Waals surface area contributed by atoms with E-state index in [2.05, 4.69) is 4.98 Å². The molecule has 0 unspecified atom stereocenters. The van der Waals surface area contributed by atoms with Crippen LogP contribution >= 0.6 is 0 Å². The van der Waals surface area contributed by atoms with E-state index >= 15 is 0 Å². The van der Waals surface area contributed by atoms with E-state index in [1.807, 2.05) is 4.90 Å². The molecule has 0 aromatic carbocycles. The second-order valence-electron chi connectivity index (χ2n) is 4.82. The first kappa shape index (κ1) is 13.5. The fourth-order valence-corrected chi connectivity index (χ4v) is 2.51. The van der Waals surface area contributed by atoms with Gasteiger partial charge in [0.2, 0.25) is 0 Å². The predicted octanol–water partition coefficient (Wildman–Crippen LogP) is 1.94. The molecule has 1 amide bonds. The van der Waals surface area contributed by atoms with Gasteiger partial charge < -0.3 is 10.0 Å². The van der Waals surface area contributed by atoms with Gasteiger partial charge in [0, 0.05) is 31.4 Å². The van der Waals surface area contributed by atoms with E-state index in [9.17, 15) is 9.59 Å². The van der Waals surface area contributed by atoms with Crippen molar-refractivity contribution in [3.8, 4) is 0 Å². The summed E-state index contributed by atoms with van der Waals surface area (Å²) in [5, 5.41) is 8.77. The third-order valence-corrected chi connectivity index (χ3v) is 3.49. The van der Waals surface area contributed by atoms with Crippen LogP contribution in [0.3, 0.4) is 0 Å². The zero-order valence-electron chi connectivity index (χ0n) is 10.8. The number of aromatic nitrogens is 1.